The van der Waals surface area contributed by atoms with E-state index in [0.29, 0.717) is 37.0 Å². The molecule has 2 aliphatic rings. The number of anilines is 1. The van der Waals surface area contributed by atoms with Gasteiger partial charge in [-0.15, -0.1) is 0 Å². The number of hydrogen-bond donors (Lipinski definition) is 2. The van der Waals surface area contributed by atoms with Gasteiger partial charge in [0.25, 0.3) is 0 Å². The lowest BCUT2D eigenvalue weighted by atomic mass is 9.93. The average Bonchev–Trinajstić information content (AvgIpc) is 3.30. The van der Waals surface area contributed by atoms with Crippen LogP contribution >= 0.6 is 11.6 Å². The number of carbonyl (C=O) groups is 1. The van der Waals surface area contributed by atoms with Crippen molar-refractivity contribution in [3.05, 3.63) is 53.1 Å². The molecule has 7 nitrogen and oxygen atoms in total. The molecule has 0 spiro atoms. The number of nitrogens with one attached hydrogen (secondary N) is 2. The summed E-state index contributed by atoms with van der Waals surface area (Å²) in [6.45, 7) is 6.07. The minimum atomic E-state index is -0.183. The van der Waals surface area contributed by atoms with Crippen LogP contribution in [0.2, 0.25) is 5.02 Å². The maximum absolute atomic E-state index is 13.3. The molecule has 1 amide bonds. The van der Waals surface area contributed by atoms with Crippen molar-refractivity contribution in [2.24, 2.45) is 5.92 Å². The Balaban J connectivity index is 1.40. The van der Waals surface area contributed by atoms with Gasteiger partial charge in [0.15, 0.2) is 0 Å². The van der Waals surface area contributed by atoms with E-state index in [4.69, 9.17) is 21.1 Å². The minimum Gasteiger partial charge on any atom is -0.497 e. The van der Waals surface area contributed by atoms with Crippen LogP contribution in [0.15, 0.2) is 42.5 Å². The van der Waals surface area contributed by atoms with Crippen LogP contribution in [-0.4, -0.2) is 57.2 Å². The van der Waals surface area contributed by atoms with Crippen molar-refractivity contribution in [3.63, 3.8) is 0 Å². The lowest BCUT2D eigenvalue weighted by molar-refractivity contribution is -0.135. The van der Waals surface area contributed by atoms with Gasteiger partial charge in [-0.2, -0.15) is 0 Å². The third-order valence-electron chi connectivity index (χ3n) is 5.92. The van der Waals surface area contributed by atoms with Crippen LogP contribution in [0.4, 0.5) is 5.69 Å². The van der Waals surface area contributed by atoms with Crippen molar-refractivity contribution < 1.29 is 14.3 Å². The smallest absolute Gasteiger partial charge is 0.229 e. The molecular weight excluding hydrogens is 416 g/mol. The lowest BCUT2D eigenvalue weighted by Crippen LogP contribution is -2.51. The number of benzene rings is 2. The molecule has 2 heterocycles. The topological polar surface area (TPSA) is 66.1 Å². The molecular formula is C23H29ClN4O3. The molecule has 0 aliphatic carbocycles. The summed E-state index contributed by atoms with van der Waals surface area (Å²) >= 11 is 6.38. The minimum absolute atomic E-state index is 0.128. The Morgan fingerprint density at radius 2 is 1.97 bits per heavy atom. The molecule has 2 fully saturated rings. The largest absolute Gasteiger partial charge is 0.497 e. The molecule has 2 aromatic carbocycles. The first kappa shape index (κ1) is 21.7. The molecule has 4 rings (SSSR count). The highest BCUT2D eigenvalue weighted by molar-refractivity contribution is 6.32. The van der Waals surface area contributed by atoms with Gasteiger partial charge in [-0.3, -0.25) is 10.2 Å². The molecule has 2 aliphatic heterocycles. The predicted octanol–water partition coefficient (Wildman–Crippen LogP) is 2.86. The second-order valence-corrected chi connectivity index (χ2v) is 8.15. The summed E-state index contributed by atoms with van der Waals surface area (Å²) < 4.78 is 10.9. The lowest BCUT2D eigenvalue weighted by Gasteiger charge is -2.37. The van der Waals surface area contributed by atoms with E-state index in [0.717, 1.165) is 30.1 Å². The van der Waals surface area contributed by atoms with E-state index in [1.165, 1.54) is 0 Å². The Kier molecular flexibility index (Phi) is 6.85. The quantitative estimate of drug-likeness (QED) is 0.714. The number of nitrogens with zero attached hydrogens (tertiary/aromatic N) is 2. The Labute approximate surface area is 188 Å². The van der Waals surface area contributed by atoms with Crippen molar-refractivity contribution in [3.8, 4) is 11.5 Å². The summed E-state index contributed by atoms with van der Waals surface area (Å²) in [5.41, 5.74) is 8.50. The third-order valence-corrected chi connectivity index (χ3v) is 6.22. The average molecular weight is 445 g/mol. The fraction of sp³-hybridized carbons (Fsp3) is 0.435. The number of carbonyl (C=O) groups excluding carboxylic acids is 1. The van der Waals surface area contributed by atoms with Crippen molar-refractivity contribution in [1.82, 2.24) is 15.8 Å². The van der Waals surface area contributed by atoms with Gasteiger partial charge in [-0.05, 0) is 36.8 Å². The van der Waals surface area contributed by atoms with E-state index in [1.807, 2.05) is 48.2 Å². The first-order valence-electron chi connectivity index (χ1n) is 10.7. The van der Waals surface area contributed by atoms with E-state index in [9.17, 15) is 4.79 Å². The van der Waals surface area contributed by atoms with Crippen molar-refractivity contribution in [2.75, 3.05) is 51.3 Å². The summed E-state index contributed by atoms with van der Waals surface area (Å²) in [4.78, 5) is 17.6. The first-order valence-corrected chi connectivity index (χ1v) is 11.1. The Morgan fingerprint density at radius 3 is 2.68 bits per heavy atom. The molecule has 0 radical (unpaired) electrons. The van der Waals surface area contributed by atoms with Gasteiger partial charge < -0.3 is 19.3 Å². The zero-order chi connectivity index (χ0) is 21.8. The van der Waals surface area contributed by atoms with Crippen molar-refractivity contribution >= 4 is 23.2 Å². The van der Waals surface area contributed by atoms with E-state index >= 15 is 0 Å². The fourth-order valence-corrected chi connectivity index (χ4v) is 4.50. The van der Waals surface area contributed by atoms with Gasteiger partial charge in [-0.25, -0.2) is 5.43 Å². The normalized spacial score (nSPS) is 21.3. The van der Waals surface area contributed by atoms with Gasteiger partial charge in [0.2, 0.25) is 5.91 Å². The number of amides is 1. The fourth-order valence-electron chi connectivity index (χ4n) is 4.25. The molecule has 2 N–H and O–H groups in total. The number of methoxy groups -OCH3 is 1. The van der Waals surface area contributed by atoms with Crippen LogP contribution in [0.3, 0.4) is 0 Å². The van der Waals surface area contributed by atoms with Crippen LogP contribution in [0, 0.1) is 5.92 Å². The molecule has 2 unspecified atom stereocenters. The number of hydrogen-bond acceptors (Lipinski definition) is 6. The van der Waals surface area contributed by atoms with E-state index < -0.39 is 0 Å². The van der Waals surface area contributed by atoms with Gasteiger partial charge in [0.1, 0.15) is 11.5 Å². The highest BCUT2D eigenvalue weighted by Crippen LogP contribution is 2.33. The SMILES string of the molecule is CCOc1ccc(C2NNCC2C(=O)N2CCN(c3cccc(OC)c3)CC2)cc1Cl. The zero-order valence-corrected chi connectivity index (χ0v) is 18.7. The molecule has 0 bridgehead atoms. The maximum atomic E-state index is 13.3. The molecule has 8 heteroatoms. The summed E-state index contributed by atoms with van der Waals surface area (Å²) in [5, 5.41) is 0.561. The summed E-state index contributed by atoms with van der Waals surface area (Å²) in [6, 6.07) is 13.7. The van der Waals surface area contributed by atoms with Crippen LogP contribution in [0.1, 0.15) is 18.5 Å². The molecule has 2 saturated heterocycles. The standard InChI is InChI=1S/C23H29ClN4O3/c1-3-31-21-8-7-16(13-20(21)24)22-19(15-25-26-22)23(29)28-11-9-27(10-12-28)17-5-4-6-18(14-17)30-2/h4-8,13-14,19,22,25-26H,3,9-12,15H2,1-2H3. The Bertz CT molecular complexity index is 917. The third kappa shape index (κ3) is 4.74. The summed E-state index contributed by atoms with van der Waals surface area (Å²) in [5.74, 6) is 1.49. The van der Waals surface area contributed by atoms with Crippen LogP contribution in [0.25, 0.3) is 0 Å². The number of halogens is 1. The first-order chi connectivity index (χ1) is 15.1. The molecule has 2 aromatic rings. The van der Waals surface area contributed by atoms with Gasteiger partial charge in [0, 0.05) is 44.5 Å². The van der Waals surface area contributed by atoms with E-state index in [2.05, 4.69) is 21.8 Å². The highest BCUT2D eigenvalue weighted by Gasteiger charge is 2.37. The number of piperazine rings is 1. The number of hydrazine groups is 1. The van der Waals surface area contributed by atoms with Crippen molar-refractivity contribution in [1.29, 1.82) is 0 Å². The maximum Gasteiger partial charge on any atom is 0.229 e. The Hall–Kier alpha value is -2.48. The van der Waals surface area contributed by atoms with Crippen LogP contribution < -0.4 is 25.2 Å². The van der Waals surface area contributed by atoms with E-state index in [-0.39, 0.29) is 17.9 Å². The summed E-state index contributed by atoms with van der Waals surface area (Å²) in [7, 11) is 1.67. The Morgan fingerprint density at radius 1 is 1.16 bits per heavy atom. The zero-order valence-electron chi connectivity index (χ0n) is 17.9. The molecule has 0 saturated carbocycles. The highest BCUT2D eigenvalue weighted by atomic mass is 35.5. The van der Waals surface area contributed by atoms with Gasteiger partial charge >= 0.3 is 0 Å². The number of rotatable bonds is 6. The second-order valence-electron chi connectivity index (χ2n) is 7.75. The summed E-state index contributed by atoms with van der Waals surface area (Å²) in [6.07, 6.45) is 0. The van der Waals surface area contributed by atoms with Crippen LogP contribution in [-0.2, 0) is 4.79 Å². The van der Waals surface area contributed by atoms with Crippen LogP contribution in [0.5, 0.6) is 11.5 Å². The van der Waals surface area contributed by atoms with Gasteiger partial charge in [-0.1, -0.05) is 23.7 Å². The van der Waals surface area contributed by atoms with Gasteiger partial charge in [0.05, 0.1) is 30.7 Å². The second kappa shape index (κ2) is 9.77. The predicted molar refractivity (Wildman–Crippen MR) is 122 cm³/mol. The monoisotopic (exact) mass is 444 g/mol. The molecule has 0 aromatic heterocycles. The molecule has 31 heavy (non-hydrogen) atoms. The number of ether oxygens (including phenoxy) is 2. The molecule has 2 atom stereocenters. The van der Waals surface area contributed by atoms with E-state index in [1.54, 1.807) is 7.11 Å². The molecule has 166 valence electrons. The van der Waals surface area contributed by atoms with Crippen molar-refractivity contribution in [2.45, 2.75) is 13.0 Å².